The molecule has 0 amide bonds. The zero-order valence-corrected chi connectivity index (χ0v) is 134. The molecule has 0 N–H and O–H groups in total. The molecular weight excluding hydrogens is 2040 g/mol. The summed E-state index contributed by atoms with van der Waals surface area (Å²) >= 11 is 0. The van der Waals surface area contributed by atoms with Gasteiger partial charge in [0.15, 0.2) is 150 Å². The van der Waals surface area contributed by atoms with Crippen molar-refractivity contribution >= 4 is 225 Å². The molecule has 0 aliphatic heterocycles. The topological polar surface area (TPSA) is 77.8 Å². The summed E-state index contributed by atoms with van der Waals surface area (Å²) in [4.78, 5) is 0. The SMILES string of the molecule is CCN(CC)[SiH2]N([SiH2]C)[SiH2]N(CC)CC.CCN(CC)[SiH2]N([SiH2]N(CC)CC)[SiH](C)C.CCN(CC)[SiH2]N([SiH2]N(CC)CC)[Si](C)(C)C.CCN(CC)[SiH2]N([SiH3])[SiH2]N(CC)CC.CCN(CC)[SiH](C)N([SiH2]C)[SiH](C)N(CC)CC.CCN(CC)[SiH](C)N([SiH](C)C)[SiH](C)N(CC)CC.CCN(CC)[SiH](C)N([SiH](C)N(CC)CC)[Si](C)(C)C.CCN(CC)[Si](C)(C)N([SiH3])[Si](C)(C)N(CC)CC. The van der Waals surface area contributed by atoms with E-state index in [2.05, 4.69) is 470 Å². The molecule has 0 saturated heterocycles. The van der Waals surface area contributed by atoms with Gasteiger partial charge in [-0.1, -0.05) is 300 Å². The number of rotatable bonds is 70. The Morgan fingerprint density at radius 1 is 0.224 bits per heavy atom. The second kappa shape index (κ2) is 92.2. The Morgan fingerprint density at radius 3 is 0.612 bits per heavy atom. The van der Waals surface area contributed by atoms with Gasteiger partial charge in [-0.2, -0.15) is 0 Å². The summed E-state index contributed by atoms with van der Waals surface area (Å²) in [7, 11) is -10.1. The first kappa shape index (κ1) is 154. The first-order valence-electron chi connectivity index (χ1n) is 56.5. The van der Waals surface area contributed by atoms with Crippen LogP contribution in [0.4, 0.5) is 0 Å². The predicted molar refractivity (Wildman–Crippen MR) is 696 cm³/mol. The van der Waals surface area contributed by atoms with Crippen LogP contribution in [0, 0.1) is 0 Å². The minimum Gasteiger partial charge on any atom is -0.361 e. The molecular formula is C86H260N24Si24. The summed E-state index contributed by atoms with van der Waals surface area (Å²) < 4.78 is 66.9. The van der Waals surface area contributed by atoms with E-state index in [1.165, 1.54) is 230 Å². The first-order valence-corrected chi connectivity index (χ1v) is 104. The number of hydrogen-bond donors (Lipinski definition) is 0. The summed E-state index contributed by atoms with van der Waals surface area (Å²) in [6.45, 7) is 169. The van der Waals surface area contributed by atoms with Gasteiger partial charge < -0.3 is 104 Å². The largest absolute Gasteiger partial charge is 0.361 e. The molecule has 24 nitrogen and oxygen atoms in total. The van der Waals surface area contributed by atoms with Gasteiger partial charge in [-0.25, -0.2) is 0 Å². The van der Waals surface area contributed by atoms with Gasteiger partial charge in [0, 0.05) is 0 Å². The fourth-order valence-corrected chi connectivity index (χ4v) is 104. The van der Waals surface area contributed by atoms with E-state index >= 15 is 0 Å². The molecule has 0 fully saturated rings. The van der Waals surface area contributed by atoms with Gasteiger partial charge in [0.2, 0.25) is 0 Å². The average Bonchev–Trinajstić information content (AvgIpc) is 0.818. The maximum Gasteiger partial charge on any atom is 0.187 e. The van der Waals surface area contributed by atoms with Crippen LogP contribution in [0.5, 0.6) is 0 Å². The lowest BCUT2D eigenvalue weighted by Crippen LogP contribution is -2.73. The zero-order chi connectivity index (χ0) is 106. The zero-order valence-electron chi connectivity index (χ0n) is 103. The fourth-order valence-electron chi connectivity index (χ4n) is 19.0. The summed E-state index contributed by atoms with van der Waals surface area (Å²) in [6.07, 6.45) is 0. The van der Waals surface area contributed by atoms with Crippen molar-refractivity contribution in [3.8, 4) is 0 Å². The third kappa shape index (κ3) is 64.7. The average molecular weight is 2310 g/mol. The normalized spacial score (nSPS) is 15.0. The molecule has 0 spiro atoms. The molecule has 134 heavy (non-hydrogen) atoms. The van der Waals surface area contributed by atoms with Crippen LogP contribution in [0.1, 0.15) is 222 Å². The van der Waals surface area contributed by atoms with Crippen LogP contribution in [-0.4, -0.2) is 538 Å². The summed E-state index contributed by atoms with van der Waals surface area (Å²) in [5, 5.41) is 0. The van der Waals surface area contributed by atoms with Crippen molar-refractivity contribution in [1.29, 1.82) is 0 Å². The summed E-state index contributed by atoms with van der Waals surface area (Å²) in [5.74, 6) is 0. The highest BCUT2D eigenvalue weighted by Gasteiger charge is 2.44. The lowest BCUT2D eigenvalue weighted by Gasteiger charge is -2.52. The van der Waals surface area contributed by atoms with Crippen molar-refractivity contribution in [3.63, 3.8) is 0 Å². The molecule has 6 unspecified atom stereocenters. The van der Waals surface area contributed by atoms with E-state index in [1.807, 2.05) is 0 Å². The van der Waals surface area contributed by atoms with Gasteiger partial charge in [-0.3, -0.25) is 0 Å². The Labute approximate surface area is 896 Å². The molecule has 0 rings (SSSR count). The van der Waals surface area contributed by atoms with Crippen LogP contribution in [0.2, 0.25) is 144 Å². The Morgan fingerprint density at radius 2 is 0.433 bits per heavy atom. The molecule has 0 radical (unpaired) electrons. The monoisotopic (exact) mass is 2300 g/mol. The number of hydrogen-bond acceptors (Lipinski definition) is 24. The van der Waals surface area contributed by atoms with Gasteiger partial charge >= 0.3 is 0 Å². The van der Waals surface area contributed by atoms with Crippen LogP contribution in [0.25, 0.3) is 0 Å². The first-order chi connectivity index (χ1) is 62.8. The Balaban J connectivity index is -0.000000226. The van der Waals surface area contributed by atoms with Crippen molar-refractivity contribution in [3.05, 3.63) is 0 Å². The van der Waals surface area contributed by atoms with E-state index in [1.54, 1.807) is 0 Å². The van der Waals surface area contributed by atoms with Crippen LogP contribution in [-0.2, 0) is 0 Å². The second-order valence-corrected chi connectivity index (χ2v) is 119. The second-order valence-electron chi connectivity index (χ2n) is 39.8. The van der Waals surface area contributed by atoms with Crippen LogP contribution in [0.15, 0.2) is 0 Å². The maximum atomic E-state index is 3.06. The molecule has 48 heteroatoms. The molecule has 0 heterocycles. The van der Waals surface area contributed by atoms with E-state index in [-0.39, 0.29) is 98.1 Å². The van der Waals surface area contributed by atoms with Crippen molar-refractivity contribution in [1.82, 2.24) is 104 Å². The Kier molecular flexibility index (Phi) is 106. The molecule has 0 aromatic carbocycles. The van der Waals surface area contributed by atoms with E-state index < -0.39 is 106 Å². The van der Waals surface area contributed by atoms with Crippen LogP contribution in [0.3, 0.4) is 0 Å². The molecule has 0 aliphatic carbocycles. The minimum atomic E-state index is -1.42. The molecule has 0 bridgehead atoms. The fraction of sp³-hybridized carbons (Fsp3) is 1.00. The minimum absolute atomic E-state index is 0.0164. The number of nitrogens with zero attached hydrogens (tertiary/aromatic N) is 24. The van der Waals surface area contributed by atoms with Gasteiger partial charge in [-0.05, 0) is 275 Å². The van der Waals surface area contributed by atoms with Crippen LogP contribution >= 0.6 is 0 Å². The predicted octanol–water partition coefficient (Wildman–Crippen LogP) is 4.73. The molecule has 0 saturated carbocycles. The molecule has 6 atom stereocenters. The lowest BCUT2D eigenvalue weighted by molar-refractivity contribution is 0.415. The smallest absolute Gasteiger partial charge is 0.187 e. The molecule has 820 valence electrons. The lowest BCUT2D eigenvalue weighted by atomic mass is 10.7. The molecule has 0 aromatic rings. The highest BCUT2D eigenvalue weighted by atomic mass is 28.5. The Hall–Kier alpha value is 4.25. The summed E-state index contributed by atoms with van der Waals surface area (Å²) in [6, 6.07) is 0. The molecule has 0 aromatic heterocycles. The standard InChI is InChI=1S/C13H37N3Si3.2C12H35N3Si3.2C11H33N3Si3.C10H31N3Si3.C9H29N3Si3.C8H27N3Si3/c1-10-14(11-2)17(5)16(19(7,8)9)18(6)15(12-3)13-4;1-9-13(10-2)17(5,6)15(16)18(7,8)14(11-3)12-4;1-9-13(10-2)17(7)15(16(5)6)18(8)14(11-3)12-4;1-8-12(9-2)15-14(17(5,6)7)16-13(10-3)11-4;1-8-12(9-2)16(6)14(15-5)17(7)13(10-3)11-4;1-7-11(8-2)14-13(16(5)6)15-12(9-3)10-4;1-6-10(7-2)14-12(13-5)15-11(8-3)9-4;1-5-9(6-2)13-11(12)14-10(7-3)8-4/h17-18H,10-13H2,1-9H3;9-12H2,1-8,16H3;16-18H,9-12H2,1-8H3;8-11,15-16H2,1-7H3;16-17H,8-11,15H2,1-7H3;16H,7-10,14-15H2,1-6H3;6-9,13-15H2,1-5H3;5-8,13-14H2,1-4,12H3. The van der Waals surface area contributed by atoms with Gasteiger partial charge in [-0.15, -0.1) is 0 Å². The van der Waals surface area contributed by atoms with E-state index in [4.69, 9.17) is 0 Å². The third-order valence-corrected chi connectivity index (χ3v) is 133. The van der Waals surface area contributed by atoms with Crippen molar-refractivity contribution in [2.45, 2.75) is 366 Å². The summed E-state index contributed by atoms with van der Waals surface area (Å²) in [5.41, 5.74) is 0. The van der Waals surface area contributed by atoms with E-state index in [0.717, 1.165) is 0 Å². The van der Waals surface area contributed by atoms with Crippen molar-refractivity contribution in [2.24, 2.45) is 0 Å². The third-order valence-electron chi connectivity index (χ3n) is 29.6. The van der Waals surface area contributed by atoms with Crippen molar-refractivity contribution < 1.29 is 0 Å². The molecule has 0 aliphatic rings. The van der Waals surface area contributed by atoms with E-state index in [9.17, 15) is 0 Å². The highest BCUT2D eigenvalue weighted by Crippen LogP contribution is 2.24. The van der Waals surface area contributed by atoms with Crippen LogP contribution < -0.4 is 0 Å². The highest BCUT2D eigenvalue weighted by molar-refractivity contribution is 6.93. The maximum absolute atomic E-state index is 3.06. The van der Waals surface area contributed by atoms with Gasteiger partial charge in [0.25, 0.3) is 0 Å². The van der Waals surface area contributed by atoms with Gasteiger partial charge in [0.05, 0.1) is 58.1 Å². The van der Waals surface area contributed by atoms with Gasteiger partial charge in [0.1, 0.15) is 16.5 Å². The van der Waals surface area contributed by atoms with E-state index in [0.29, 0.717) is 0 Å². The Bertz CT molecular complexity index is 2320. The van der Waals surface area contributed by atoms with Crippen molar-refractivity contribution in [2.75, 3.05) is 209 Å². The quantitative estimate of drug-likeness (QED) is 0.0788.